The molecule has 0 radical (unpaired) electrons. The van der Waals surface area contributed by atoms with Crippen LogP contribution in [0.4, 0.5) is 4.39 Å². The number of hydrogen-bond acceptors (Lipinski definition) is 2. The van der Waals surface area contributed by atoms with Crippen LogP contribution in [0.1, 0.15) is 21.5 Å². The highest BCUT2D eigenvalue weighted by molar-refractivity contribution is 6.30. The van der Waals surface area contributed by atoms with E-state index in [4.69, 9.17) is 17.3 Å². The zero-order valence-electron chi connectivity index (χ0n) is 11.4. The summed E-state index contributed by atoms with van der Waals surface area (Å²) in [4.78, 5) is 11.9. The summed E-state index contributed by atoms with van der Waals surface area (Å²) in [5, 5.41) is 3.00. The molecule has 21 heavy (non-hydrogen) atoms. The summed E-state index contributed by atoms with van der Waals surface area (Å²) in [6.07, 6.45) is 0.820. The van der Waals surface area contributed by atoms with E-state index >= 15 is 0 Å². The number of nitrogens with one attached hydrogen (secondary N) is 1. The van der Waals surface area contributed by atoms with Gasteiger partial charge in [0.25, 0.3) is 5.91 Å². The van der Waals surface area contributed by atoms with E-state index < -0.39 is 11.7 Å². The highest BCUT2D eigenvalue weighted by atomic mass is 35.5. The van der Waals surface area contributed by atoms with Crippen molar-refractivity contribution in [3.63, 3.8) is 0 Å². The van der Waals surface area contributed by atoms with Crippen molar-refractivity contribution in [2.45, 2.75) is 13.0 Å². The number of hydrogen-bond donors (Lipinski definition) is 2. The summed E-state index contributed by atoms with van der Waals surface area (Å²) >= 11 is 5.77. The fourth-order valence-electron chi connectivity index (χ4n) is 1.94. The van der Waals surface area contributed by atoms with Crippen molar-refractivity contribution in [3.8, 4) is 0 Å². The fourth-order valence-corrected chi connectivity index (χ4v) is 2.11. The lowest BCUT2D eigenvalue weighted by Crippen LogP contribution is -2.23. The molecule has 0 aliphatic rings. The first kappa shape index (κ1) is 15.5. The van der Waals surface area contributed by atoms with E-state index in [9.17, 15) is 9.18 Å². The van der Waals surface area contributed by atoms with E-state index in [1.54, 1.807) is 0 Å². The number of benzene rings is 2. The van der Waals surface area contributed by atoms with Gasteiger partial charge in [-0.05, 0) is 42.3 Å². The van der Waals surface area contributed by atoms with Gasteiger partial charge in [0.2, 0.25) is 0 Å². The highest BCUT2D eigenvalue weighted by Gasteiger charge is 2.11. The molecule has 3 N–H and O–H groups in total. The molecule has 0 bridgehead atoms. The second-order valence-corrected chi connectivity index (χ2v) is 5.10. The van der Waals surface area contributed by atoms with Crippen molar-refractivity contribution in [1.29, 1.82) is 0 Å². The van der Waals surface area contributed by atoms with Gasteiger partial charge in [-0.3, -0.25) is 4.79 Å². The van der Waals surface area contributed by atoms with Gasteiger partial charge in [0.15, 0.2) is 0 Å². The first-order valence-corrected chi connectivity index (χ1v) is 6.99. The van der Waals surface area contributed by atoms with E-state index in [0.29, 0.717) is 18.1 Å². The van der Waals surface area contributed by atoms with Crippen molar-refractivity contribution in [2.24, 2.45) is 5.73 Å². The number of rotatable bonds is 5. The molecule has 2 rings (SSSR count). The zero-order valence-corrected chi connectivity index (χ0v) is 12.2. The van der Waals surface area contributed by atoms with E-state index in [0.717, 1.165) is 17.5 Å². The topological polar surface area (TPSA) is 55.1 Å². The summed E-state index contributed by atoms with van der Waals surface area (Å²) in [7, 11) is 0. The van der Waals surface area contributed by atoms with Gasteiger partial charge in [-0.25, -0.2) is 4.39 Å². The van der Waals surface area contributed by atoms with Crippen LogP contribution >= 0.6 is 11.6 Å². The van der Waals surface area contributed by atoms with Crippen LogP contribution in [0.5, 0.6) is 0 Å². The van der Waals surface area contributed by atoms with Crippen molar-refractivity contribution >= 4 is 17.5 Å². The van der Waals surface area contributed by atoms with Gasteiger partial charge in [0, 0.05) is 11.6 Å². The maximum atomic E-state index is 13.6. The molecule has 3 nitrogen and oxygen atoms in total. The number of halogens is 2. The lowest BCUT2D eigenvalue weighted by Gasteiger charge is -2.07. The maximum absolute atomic E-state index is 13.6. The summed E-state index contributed by atoms with van der Waals surface area (Å²) < 4.78 is 13.6. The van der Waals surface area contributed by atoms with Crippen LogP contribution in [0.25, 0.3) is 0 Å². The molecule has 110 valence electrons. The molecule has 0 heterocycles. The van der Waals surface area contributed by atoms with Gasteiger partial charge in [0.05, 0.1) is 5.56 Å². The van der Waals surface area contributed by atoms with Crippen molar-refractivity contribution < 1.29 is 9.18 Å². The lowest BCUT2D eigenvalue weighted by molar-refractivity contribution is 0.0947. The molecule has 0 aliphatic carbocycles. The minimum atomic E-state index is -0.588. The highest BCUT2D eigenvalue weighted by Crippen LogP contribution is 2.15. The molecule has 1 amide bonds. The fraction of sp³-hybridized carbons (Fsp3) is 0.188. The van der Waals surface area contributed by atoms with Crippen molar-refractivity contribution in [1.82, 2.24) is 5.32 Å². The van der Waals surface area contributed by atoms with Crippen LogP contribution in [0.3, 0.4) is 0 Å². The first-order chi connectivity index (χ1) is 10.1. The molecule has 0 saturated heterocycles. The van der Waals surface area contributed by atoms with Gasteiger partial charge in [-0.2, -0.15) is 0 Å². The molecule has 2 aromatic rings. The van der Waals surface area contributed by atoms with Crippen LogP contribution in [-0.4, -0.2) is 12.5 Å². The Bertz CT molecular complexity index is 629. The SMILES string of the molecule is NCCc1ccc(CNC(=O)c2cc(Cl)ccc2F)cc1. The summed E-state index contributed by atoms with van der Waals surface area (Å²) in [6.45, 7) is 0.928. The van der Waals surface area contributed by atoms with Crippen LogP contribution in [-0.2, 0) is 13.0 Å². The molecule has 0 unspecified atom stereocenters. The smallest absolute Gasteiger partial charge is 0.254 e. The molecule has 0 aliphatic heterocycles. The average Bonchev–Trinajstić information content (AvgIpc) is 2.49. The summed E-state index contributed by atoms with van der Waals surface area (Å²) in [5.41, 5.74) is 7.51. The van der Waals surface area contributed by atoms with Gasteiger partial charge >= 0.3 is 0 Å². The Morgan fingerprint density at radius 3 is 2.48 bits per heavy atom. The Morgan fingerprint density at radius 2 is 1.81 bits per heavy atom. The third-order valence-corrected chi connectivity index (χ3v) is 3.32. The number of carbonyl (C=O) groups excluding carboxylic acids is 1. The second-order valence-electron chi connectivity index (χ2n) is 4.66. The molecule has 0 aromatic heterocycles. The zero-order chi connectivity index (χ0) is 15.2. The van der Waals surface area contributed by atoms with E-state index in [1.165, 1.54) is 18.2 Å². The van der Waals surface area contributed by atoms with Gasteiger partial charge in [-0.1, -0.05) is 35.9 Å². The van der Waals surface area contributed by atoms with E-state index in [-0.39, 0.29) is 5.56 Å². The molecule has 0 fully saturated rings. The number of amides is 1. The van der Waals surface area contributed by atoms with Gasteiger partial charge < -0.3 is 11.1 Å². The monoisotopic (exact) mass is 306 g/mol. The Balaban J connectivity index is 1.99. The summed E-state index contributed by atoms with van der Waals surface area (Å²) in [6, 6.07) is 11.7. The largest absolute Gasteiger partial charge is 0.348 e. The predicted molar refractivity (Wildman–Crippen MR) is 81.8 cm³/mol. The van der Waals surface area contributed by atoms with Crippen LogP contribution in [0, 0.1) is 5.82 Å². The Kier molecular flexibility index (Phi) is 5.31. The molecule has 5 heteroatoms. The van der Waals surface area contributed by atoms with E-state index in [2.05, 4.69) is 5.32 Å². The number of nitrogens with two attached hydrogens (primary N) is 1. The van der Waals surface area contributed by atoms with Crippen LogP contribution in [0.2, 0.25) is 5.02 Å². The molecule has 2 aromatic carbocycles. The Hall–Kier alpha value is -1.91. The van der Waals surface area contributed by atoms with Crippen molar-refractivity contribution in [3.05, 3.63) is 70.0 Å². The summed E-state index contributed by atoms with van der Waals surface area (Å²) in [5.74, 6) is -1.07. The van der Waals surface area contributed by atoms with Gasteiger partial charge in [-0.15, -0.1) is 0 Å². The lowest BCUT2D eigenvalue weighted by atomic mass is 10.1. The molecule has 0 atom stereocenters. The third-order valence-electron chi connectivity index (χ3n) is 3.08. The van der Waals surface area contributed by atoms with Crippen LogP contribution in [0.15, 0.2) is 42.5 Å². The molecule has 0 saturated carbocycles. The Morgan fingerprint density at radius 1 is 1.14 bits per heavy atom. The molecule has 0 spiro atoms. The van der Waals surface area contributed by atoms with Crippen molar-refractivity contribution in [2.75, 3.05) is 6.54 Å². The van der Waals surface area contributed by atoms with Gasteiger partial charge in [0.1, 0.15) is 5.82 Å². The third kappa shape index (κ3) is 4.28. The molecular weight excluding hydrogens is 291 g/mol. The minimum Gasteiger partial charge on any atom is -0.348 e. The molecular formula is C16H16ClFN2O. The van der Waals surface area contributed by atoms with E-state index in [1.807, 2.05) is 24.3 Å². The Labute approximate surface area is 127 Å². The standard InChI is InChI=1S/C16H16ClFN2O/c17-13-5-6-15(18)14(9-13)16(21)20-10-12-3-1-11(2-4-12)7-8-19/h1-6,9H,7-8,10,19H2,(H,20,21). The quantitative estimate of drug-likeness (QED) is 0.892. The minimum absolute atomic E-state index is 0.0535. The normalized spacial score (nSPS) is 10.4. The maximum Gasteiger partial charge on any atom is 0.254 e. The van der Waals surface area contributed by atoms with Crippen LogP contribution < -0.4 is 11.1 Å². The number of carbonyl (C=O) groups is 1. The average molecular weight is 307 g/mol. The second kappa shape index (κ2) is 7.20. The first-order valence-electron chi connectivity index (χ1n) is 6.61. The predicted octanol–water partition coefficient (Wildman–Crippen LogP) is 2.91.